The SMILES string of the molecule is O=C1CCCc2c1ccn2-c1cnccc1OCCCNC1CCCCC1. The zero-order valence-corrected chi connectivity index (χ0v) is 16.0. The van der Waals surface area contributed by atoms with Crippen molar-refractivity contribution < 1.29 is 9.53 Å². The Morgan fingerprint density at radius 3 is 2.93 bits per heavy atom. The molecule has 0 unspecified atom stereocenters. The van der Waals surface area contributed by atoms with Crippen molar-refractivity contribution in [1.29, 1.82) is 0 Å². The van der Waals surface area contributed by atoms with E-state index in [4.69, 9.17) is 4.74 Å². The summed E-state index contributed by atoms with van der Waals surface area (Å²) in [4.78, 5) is 16.4. The summed E-state index contributed by atoms with van der Waals surface area (Å²) < 4.78 is 8.16. The number of ether oxygens (including phenoxy) is 1. The van der Waals surface area contributed by atoms with Gasteiger partial charge < -0.3 is 14.6 Å². The minimum absolute atomic E-state index is 0.246. The van der Waals surface area contributed by atoms with Gasteiger partial charge in [0.2, 0.25) is 0 Å². The van der Waals surface area contributed by atoms with Crippen LogP contribution < -0.4 is 10.1 Å². The fraction of sp³-hybridized carbons (Fsp3) is 0.545. The Morgan fingerprint density at radius 2 is 2.04 bits per heavy atom. The van der Waals surface area contributed by atoms with Crippen molar-refractivity contribution in [3.05, 3.63) is 42.0 Å². The highest BCUT2D eigenvalue weighted by Crippen LogP contribution is 2.29. The summed E-state index contributed by atoms with van der Waals surface area (Å²) in [6.07, 6.45) is 15.8. The van der Waals surface area contributed by atoms with Gasteiger partial charge >= 0.3 is 0 Å². The van der Waals surface area contributed by atoms with Crippen LogP contribution in [-0.4, -0.2) is 34.5 Å². The third kappa shape index (κ3) is 4.24. The Hall–Kier alpha value is -2.14. The smallest absolute Gasteiger partial charge is 0.164 e. The van der Waals surface area contributed by atoms with Crippen LogP contribution in [0, 0.1) is 0 Å². The second kappa shape index (κ2) is 8.70. The van der Waals surface area contributed by atoms with E-state index in [1.807, 2.05) is 24.5 Å². The fourth-order valence-corrected chi connectivity index (χ4v) is 4.29. The average Bonchev–Trinajstić information content (AvgIpc) is 3.14. The van der Waals surface area contributed by atoms with E-state index in [1.54, 1.807) is 6.20 Å². The number of carbonyl (C=O) groups excluding carboxylic acids is 1. The Balaban J connectivity index is 1.37. The minimum Gasteiger partial charge on any atom is -0.491 e. The molecule has 1 saturated carbocycles. The van der Waals surface area contributed by atoms with Crippen molar-refractivity contribution in [2.24, 2.45) is 0 Å². The Kier molecular flexibility index (Phi) is 5.87. The molecule has 0 bridgehead atoms. The van der Waals surface area contributed by atoms with Gasteiger partial charge in [0.25, 0.3) is 0 Å². The number of hydrogen-bond acceptors (Lipinski definition) is 4. The van der Waals surface area contributed by atoms with Crippen molar-refractivity contribution in [2.75, 3.05) is 13.2 Å². The van der Waals surface area contributed by atoms with Crippen LogP contribution in [0.3, 0.4) is 0 Å². The number of nitrogens with zero attached hydrogens (tertiary/aromatic N) is 2. The fourth-order valence-electron chi connectivity index (χ4n) is 4.29. The van der Waals surface area contributed by atoms with Crippen LogP contribution in [0.4, 0.5) is 0 Å². The number of pyridine rings is 1. The largest absolute Gasteiger partial charge is 0.491 e. The summed E-state index contributed by atoms with van der Waals surface area (Å²) in [6.45, 7) is 1.68. The van der Waals surface area contributed by atoms with Gasteiger partial charge in [0, 0.05) is 42.2 Å². The molecule has 0 spiro atoms. The first-order valence-corrected chi connectivity index (χ1v) is 10.4. The van der Waals surface area contributed by atoms with E-state index in [1.165, 1.54) is 32.1 Å². The number of hydrogen-bond donors (Lipinski definition) is 1. The van der Waals surface area contributed by atoms with Crippen molar-refractivity contribution in [2.45, 2.75) is 63.8 Å². The molecule has 2 aliphatic carbocycles. The lowest BCUT2D eigenvalue weighted by atomic mass is 9.95. The molecular formula is C22H29N3O2. The Labute approximate surface area is 161 Å². The van der Waals surface area contributed by atoms with Crippen LogP contribution in [0.1, 0.15) is 67.4 Å². The summed E-state index contributed by atoms with van der Waals surface area (Å²) in [5, 5.41) is 3.66. The molecule has 2 heterocycles. The van der Waals surface area contributed by atoms with Crippen LogP contribution in [0.2, 0.25) is 0 Å². The van der Waals surface area contributed by atoms with Crippen LogP contribution in [-0.2, 0) is 6.42 Å². The zero-order chi connectivity index (χ0) is 18.5. The van der Waals surface area contributed by atoms with E-state index in [0.29, 0.717) is 19.1 Å². The highest BCUT2D eigenvalue weighted by molar-refractivity contribution is 5.98. The van der Waals surface area contributed by atoms with Gasteiger partial charge in [-0.25, -0.2) is 0 Å². The lowest BCUT2D eigenvalue weighted by Crippen LogP contribution is -2.32. The third-order valence-corrected chi connectivity index (χ3v) is 5.75. The quantitative estimate of drug-likeness (QED) is 0.749. The number of aromatic nitrogens is 2. The topological polar surface area (TPSA) is 56.2 Å². The molecule has 0 aliphatic heterocycles. The average molecular weight is 367 g/mol. The summed E-state index contributed by atoms with van der Waals surface area (Å²) in [5.74, 6) is 1.08. The minimum atomic E-state index is 0.246. The predicted octanol–water partition coefficient (Wildman–Crippen LogP) is 4.08. The molecule has 2 aromatic rings. The van der Waals surface area contributed by atoms with Gasteiger partial charge in [0.05, 0.1) is 12.8 Å². The van der Waals surface area contributed by atoms with E-state index in [0.717, 1.165) is 48.5 Å². The molecule has 0 atom stereocenters. The van der Waals surface area contributed by atoms with Crippen molar-refractivity contribution in [3.8, 4) is 11.4 Å². The molecule has 0 amide bonds. The first-order chi connectivity index (χ1) is 13.3. The molecule has 0 radical (unpaired) electrons. The molecule has 144 valence electrons. The molecule has 0 aromatic carbocycles. The molecule has 1 fully saturated rings. The number of carbonyl (C=O) groups is 1. The second-order valence-corrected chi connectivity index (χ2v) is 7.66. The van der Waals surface area contributed by atoms with Crippen molar-refractivity contribution in [1.82, 2.24) is 14.9 Å². The van der Waals surface area contributed by atoms with Gasteiger partial charge in [-0.1, -0.05) is 19.3 Å². The molecule has 5 nitrogen and oxygen atoms in total. The van der Waals surface area contributed by atoms with E-state index < -0.39 is 0 Å². The van der Waals surface area contributed by atoms with Gasteiger partial charge in [-0.3, -0.25) is 9.78 Å². The molecule has 5 heteroatoms. The van der Waals surface area contributed by atoms with Gasteiger partial charge in [-0.05, 0) is 44.7 Å². The number of fused-ring (bicyclic) bond motifs is 1. The van der Waals surface area contributed by atoms with Crippen molar-refractivity contribution in [3.63, 3.8) is 0 Å². The molecule has 2 aliphatic rings. The first kappa shape index (κ1) is 18.2. The summed E-state index contributed by atoms with van der Waals surface area (Å²) in [7, 11) is 0. The van der Waals surface area contributed by atoms with Crippen LogP contribution in [0.25, 0.3) is 5.69 Å². The summed E-state index contributed by atoms with van der Waals surface area (Å²) >= 11 is 0. The van der Waals surface area contributed by atoms with Crippen LogP contribution in [0.5, 0.6) is 5.75 Å². The Bertz CT molecular complexity index is 778. The van der Waals surface area contributed by atoms with E-state index >= 15 is 0 Å². The Morgan fingerprint density at radius 1 is 1.15 bits per heavy atom. The van der Waals surface area contributed by atoms with Gasteiger partial charge in [-0.15, -0.1) is 0 Å². The highest BCUT2D eigenvalue weighted by atomic mass is 16.5. The monoisotopic (exact) mass is 367 g/mol. The maximum Gasteiger partial charge on any atom is 0.164 e. The number of ketones is 1. The number of rotatable bonds is 7. The molecule has 27 heavy (non-hydrogen) atoms. The number of Topliss-reactive ketones (excluding diaryl/α,β-unsaturated/α-hetero) is 1. The van der Waals surface area contributed by atoms with Gasteiger partial charge in [0.1, 0.15) is 11.4 Å². The van der Waals surface area contributed by atoms with Crippen molar-refractivity contribution >= 4 is 5.78 Å². The molecule has 0 saturated heterocycles. The maximum atomic E-state index is 12.1. The van der Waals surface area contributed by atoms with Gasteiger partial charge in [0.15, 0.2) is 5.78 Å². The van der Waals surface area contributed by atoms with Crippen LogP contribution in [0.15, 0.2) is 30.7 Å². The lowest BCUT2D eigenvalue weighted by Gasteiger charge is -2.22. The molecule has 2 aromatic heterocycles. The lowest BCUT2D eigenvalue weighted by molar-refractivity contribution is 0.0972. The summed E-state index contributed by atoms with van der Waals surface area (Å²) in [5.41, 5.74) is 2.87. The zero-order valence-electron chi connectivity index (χ0n) is 16.0. The standard InChI is InChI=1S/C22H29N3O2/c26-21-9-4-8-19-18(21)11-14-25(19)20-16-23-13-10-22(20)27-15-5-12-24-17-6-2-1-3-7-17/h10-11,13-14,16-17,24H,1-9,12,15H2. The van der Waals surface area contributed by atoms with Crippen LogP contribution >= 0.6 is 0 Å². The predicted molar refractivity (Wildman–Crippen MR) is 106 cm³/mol. The van der Waals surface area contributed by atoms with Gasteiger partial charge in [-0.2, -0.15) is 0 Å². The second-order valence-electron chi connectivity index (χ2n) is 7.66. The molecule has 1 N–H and O–H groups in total. The number of nitrogens with one attached hydrogen (secondary N) is 1. The van der Waals surface area contributed by atoms with E-state index in [-0.39, 0.29) is 5.78 Å². The maximum absolute atomic E-state index is 12.1. The summed E-state index contributed by atoms with van der Waals surface area (Å²) in [6, 6.07) is 4.54. The van der Waals surface area contributed by atoms with E-state index in [9.17, 15) is 4.79 Å². The highest BCUT2D eigenvalue weighted by Gasteiger charge is 2.22. The first-order valence-electron chi connectivity index (χ1n) is 10.4. The third-order valence-electron chi connectivity index (χ3n) is 5.75. The normalized spacial score (nSPS) is 17.7. The molecule has 4 rings (SSSR count). The van der Waals surface area contributed by atoms with E-state index in [2.05, 4.69) is 14.9 Å². The molecular weight excluding hydrogens is 338 g/mol.